The Morgan fingerprint density at radius 1 is 1.23 bits per heavy atom. The fraction of sp³-hybridized carbons (Fsp3) is 0.0625. The lowest BCUT2D eigenvalue weighted by Gasteiger charge is -2.08. The topological polar surface area (TPSA) is 59.7 Å². The predicted molar refractivity (Wildman–Crippen MR) is 96.6 cm³/mol. The molecule has 2 aromatic carbocycles. The number of fused-ring (bicyclic) bond motifs is 1. The summed E-state index contributed by atoms with van der Waals surface area (Å²) < 4.78 is 12.5. The number of hydrogen-bond acceptors (Lipinski definition) is 4. The SMILES string of the molecule is COc1ccc(-c2oc3cc(Br)c(I)cc3c(=O)c2O)cc1. The summed E-state index contributed by atoms with van der Waals surface area (Å²) in [5, 5.41) is 10.5. The number of hydrogen-bond donors (Lipinski definition) is 1. The van der Waals surface area contributed by atoms with Crippen molar-refractivity contribution in [2.45, 2.75) is 0 Å². The third-order valence-corrected chi connectivity index (χ3v) is 5.55. The van der Waals surface area contributed by atoms with Gasteiger partial charge in [-0.2, -0.15) is 0 Å². The molecule has 1 heterocycles. The molecule has 0 radical (unpaired) electrons. The summed E-state index contributed by atoms with van der Waals surface area (Å²) in [6.45, 7) is 0. The summed E-state index contributed by atoms with van der Waals surface area (Å²) in [6.07, 6.45) is 0. The van der Waals surface area contributed by atoms with Crippen molar-refractivity contribution in [1.29, 1.82) is 0 Å². The molecule has 112 valence electrons. The third kappa shape index (κ3) is 2.61. The number of rotatable bonds is 2. The van der Waals surface area contributed by atoms with Crippen molar-refractivity contribution in [3.63, 3.8) is 0 Å². The van der Waals surface area contributed by atoms with Gasteiger partial charge in [0.15, 0.2) is 5.76 Å². The first kappa shape index (κ1) is 15.4. The molecule has 0 spiro atoms. The van der Waals surface area contributed by atoms with Gasteiger partial charge < -0.3 is 14.3 Å². The average molecular weight is 473 g/mol. The summed E-state index contributed by atoms with van der Waals surface area (Å²) in [5.74, 6) is 0.438. The molecule has 6 heteroatoms. The molecule has 3 rings (SSSR count). The maximum absolute atomic E-state index is 12.4. The van der Waals surface area contributed by atoms with Crippen LogP contribution in [0.3, 0.4) is 0 Å². The van der Waals surface area contributed by atoms with Crippen molar-refractivity contribution >= 4 is 49.5 Å². The Morgan fingerprint density at radius 3 is 2.55 bits per heavy atom. The van der Waals surface area contributed by atoms with Crippen LogP contribution in [0.5, 0.6) is 11.5 Å². The fourth-order valence-electron chi connectivity index (χ4n) is 2.12. The van der Waals surface area contributed by atoms with Crippen LogP contribution in [0.25, 0.3) is 22.3 Å². The standard InChI is InChI=1S/C16H10BrIO4/c1-21-9-4-2-8(3-5-9)16-15(20)14(19)10-6-12(18)11(17)7-13(10)22-16/h2-7,20H,1H3. The average Bonchev–Trinajstić information content (AvgIpc) is 2.53. The van der Waals surface area contributed by atoms with Gasteiger partial charge in [0.05, 0.1) is 12.5 Å². The quantitative estimate of drug-likeness (QED) is 0.556. The molecule has 0 saturated heterocycles. The van der Waals surface area contributed by atoms with Crippen LogP contribution in [0, 0.1) is 3.57 Å². The zero-order chi connectivity index (χ0) is 15.9. The van der Waals surface area contributed by atoms with E-state index >= 15 is 0 Å². The van der Waals surface area contributed by atoms with Gasteiger partial charge in [0.25, 0.3) is 0 Å². The summed E-state index contributed by atoms with van der Waals surface area (Å²) in [6, 6.07) is 10.3. The zero-order valence-electron chi connectivity index (χ0n) is 11.4. The van der Waals surface area contributed by atoms with Crippen molar-refractivity contribution in [1.82, 2.24) is 0 Å². The summed E-state index contributed by atoms with van der Waals surface area (Å²) >= 11 is 5.52. The van der Waals surface area contributed by atoms with Crippen molar-refractivity contribution in [2.75, 3.05) is 7.11 Å². The molecule has 0 aliphatic rings. The Balaban J connectivity index is 2.27. The molecule has 1 aromatic heterocycles. The normalized spacial score (nSPS) is 10.9. The Morgan fingerprint density at radius 2 is 1.91 bits per heavy atom. The third-order valence-electron chi connectivity index (χ3n) is 3.26. The van der Waals surface area contributed by atoms with Gasteiger partial charge in [0, 0.05) is 13.6 Å². The maximum atomic E-state index is 12.4. The molecule has 0 aliphatic carbocycles. The Kier molecular flexibility index (Phi) is 4.14. The van der Waals surface area contributed by atoms with Gasteiger partial charge in [-0.05, 0) is 74.9 Å². The van der Waals surface area contributed by atoms with Crippen LogP contribution < -0.4 is 10.2 Å². The molecule has 0 saturated carbocycles. The number of methoxy groups -OCH3 is 1. The van der Waals surface area contributed by atoms with E-state index in [2.05, 4.69) is 38.5 Å². The van der Waals surface area contributed by atoms with E-state index in [0.29, 0.717) is 22.3 Å². The summed E-state index contributed by atoms with van der Waals surface area (Å²) in [7, 11) is 1.57. The van der Waals surface area contributed by atoms with Gasteiger partial charge in [-0.25, -0.2) is 0 Å². The number of benzene rings is 2. The van der Waals surface area contributed by atoms with Crippen LogP contribution in [0.4, 0.5) is 0 Å². The van der Waals surface area contributed by atoms with E-state index in [1.165, 1.54) is 0 Å². The highest BCUT2D eigenvalue weighted by Crippen LogP contribution is 2.33. The molecule has 4 nitrogen and oxygen atoms in total. The van der Waals surface area contributed by atoms with Crippen LogP contribution in [0.2, 0.25) is 0 Å². The van der Waals surface area contributed by atoms with Crippen LogP contribution in [0.1, 0.15) is 0 Å². The second-order valence-electron chi connectivity index (χ2n) is 4.60. The number of ether oxygens (including phenoxy) is 1. The number of aromatic hydroxyl groups is 1. The monoisotopic (exact) mass is 472 g/mol. The van der Waals surface area contributed by atoms with Gasteiger partial charge in [-0.1, -0.05) is 0 Å². The molecule has 1 N–H and O–H groups in total. The molecule has 0 aliphatic heterocycles. The minimum atomic E-state index is -0.447. The Bertz CT molecular complexity index is 916. The smallest absolute Gasteiger partial charge is 0.235 e. The first-order valence-corrected chi connectivity index (χ1v) is 8.17. The molecule has 0 fully saturated rings. The molecule has 22 heavy (non-hydrogen) atoms. The van der Waals surface area contributed by atoms with Crippen molar-refractivity contribution < 1.29 is 14.3 Å². The number of halogens is 2. The van der Waals surface area contributed by atoms with Gasteiger partial charge in [0.2, 0.25) is 11.2 Å². The predicted octanol–water partition coefficient (Wildman–Crippen LogP) is 4.54. The largest absolute Gasteiger partial charge is 0.502 e. The molecule has 0 unspecified atom stereocenters. The van der Waals surface area contributed by atoms with E-state index < -0.39 is 11.2 Å². The highest BCUT2D eigenvalue weighted by Gasteiger charge is 2.16. The molecule has 0 atom stereocenters. The Labute approximate surface area is 148 Å². The minimum Gasteiger partial charge on any atom is -0.502 e. The van der Waals surface area contributed by atoms with E-state index in [9.17, 15) is 9.90 Å². The van der Waals surface area contributed by atoms with Gasteiger partial charge in [-0.15, -0.1) is 0 Å². The van der Waals surface area contributed by atoms with Crippen molar-refractivity contribution in [3.8, 4) is 22.8 Å². The van der Waals surface area contributed by atoms with E-state index in [0.717, 1.165) is 8.04 Å². The second kappa shape index (κ2) is 5.92. The van der Waals surface area contributed by atoms with E-state index in [4.69, 9.17) is 9.15 Å². The minimum absolute atomic E-state index is 0.147. The van der Waals surface area contributed by atoms with Crippen molar-refractivity contribution in [2.24, 2.45) is 0 Å². The molecular formula is C16H10BrIO4. The second-order valence-corrected chi connectivity index (χ2v) is 6.62. The summed E-state index contributed by atoms with van der Waals surface area (Å²) in [4.78, 5) is 12.4. The zero-order valence-corrected chi connectivity index (χ0v) is 15.1. The van der Waals surface area contributed by atoms with Crippen molar-refractivity contribution in [3.05, 3.63) is 54.7 Å². The molecule has 0 amide bonds. The van der Waals surface area contributed by atoms with Crippen LogP contribution in [0.15, 0.2) is 50.1 Å². The lowest BCUT2D eigenvalue weighted by atomic mass is 10.1. The van der Waals surface area contributed by atoms with Gasteiger partial charge >= 0.3 is 0 Å². The van der Waals surface area contributed by atoms with Crippen LogP contribution in [-0.2, 0) is 0 Å². The summed E-state index contributed by atoms with van der Waals surface area (Å²) in [5.41, 5.74) is 0.574. The van der Waals surface area contributed by atoms with Crippen LogP contribution >= 0.6 is 38.5 Å². The molecule has 3 aromatic rings. The lowest BCUT2D eigenvalue weighted by Crippen LogP contribution is -2.03. The Hall–Kier alpha value is -1.54. The van der Waals surface area contributed by atoms with Gasteiger partial charge in [0.1, 0.15) is 11.3 Å². The molecular weight excluding hydrogens is 463 g/mol. The van der Waals surface area contributed by atoms with E-state index in [-0.39, 0.29) is 5.76 Å². The fourth-order valence-corrected chi connectivity index (χ4v) is 2.91. The van der Waals surface area contributed by atoms with E-state index in [1.54, 1.807) is 43.5 Å². The first-order chi connectivity index (χ1) is 10.5. The highest BCUT2D eigenvalue weighted by atomic mass is 127. The van der Waals surface area contributed by atoms with Crippen LogP contribution in [-0.4, -0.2) is 12.2 Å². The lowest BCUT2D eigenvalue weighted by molar-refractivity contribution is 0.414. The van der Waals surface area contributed by atoms with Gasteiger partial charge in [-0.3, -0.25) is 4.79 Å². The highest BCUT2D eigenvalue weighted by molar-refractivity contribution is 14.1. The first-order valence-electron chi connectivity index (χ1n) is 6.30. The maximum Gasteiger partial charge on any atom is 0.235 e. The molecule has 0 bridgehead atoms. The van der Waals surface area contributed by atoms with E-state index in [1.807, 2.05) is 0 Å².